The minimum absolute atomic E-state index is 0.000204. The van der Waals surface area contributed by atoms with Gasteiger partial charge in [0, 0.05) is 6.54 Å². The fourth-order valence-electron chi connectivity index (χ4n) is 3.09. The molecule has 1 aliphatic heterocycles. The molecule has 0 fully saturated rings. The summed E-state index contributed by atoms with van der Waals surface area (Å²) in [5.41, 5.74) is 7.88. The second-order valence-corrected chi connectivity index (χ2v) is 6.72. The highest BCUT2D eigenvalue weighted by molar-refractivity contribution is 7.20. The summed E-state index contributed by atoms with van der Waals surface area (Å²) >= 11 is 1.36. The van der Waals surface area contributed by atoms with Crippen LogP contribution in [0, 0.1) is 13.8 Å². The molecule has 1 atom stereocenters. The number of nitrogen functional groups attached to an aromatic ring is 1. The van der Waals surface area contributed by atoms with Crippen molar-refractivity contribution in [1.82, 2.24) is 24.8 Å². The first-order chi connectivity index (χ1) is 11.0. The fourth-order valence-corrected chi connectivity index (χ4v) is 4.23. The SMILES string of the molecule is Cc1nc(N)c2c(C)c(C(=O)NC3CCn4cncc43)sc2n1. The normalized spacial score (nSPS) is 16.7. The Kier molecular flexibility index (Phi) is 3.08. The van der Waals surface area contributed by atoms with Crippen molar-refractivity contribution in [3.63, 3.8) is 0 Å². The van der Waals surface area contributed by atoms with E-state index in [1.165, 1.54) is 11.3 Å². The number of thiophene rings is 1. The number of aromatic nitrogens is 4. The van der Waals surface area contributed by atoms with Gasteiger partial charge in [0.1, 0.15) is 16.5 Å². The van der Waals surface area contributed by atoms with Crippen molar-refractivity contribution >= 4 is 33.3 Å². The minimum Gasteiger partial charge on any atom is -0.383 e. The smallest absolute Gasteiger partial charge is 0.262 e. The molecule has 3 aromatic rings. The maximum absolute atomic E-state index is 12.7. The molecular weight excluding hydrogens is 312 g/mol. The standard InChI is InChI=1S/C15H16N6OS/c1-7-11-13(16)18-8(2)19-15(11)23-12(7)14(22)20-9-3-4-21-6-17-5-10(9)21/h5-6,9H,3-4H2,1-2H3,(H,20,22)(H2,16,18,19). The molecule has 8 heteroatoms. The van der Waals surface area contributed by atoms with Gasteiger partial charge in [-0.05, 0) is 25.8 Å². The van der Waals surface area contributed by atoms with Crippen LogP contribution >= 0.6 is 11.3 Å². The molecule has 3 aromatic heterocycles. The van der Waals surface area contributed by atoms with Gasteiger partial charge in [-0.25, -0.2) is 15.0 Å². The molecule has 4 heterocycles. The van der Waals surface area contributed by atoms with Gasteiger partial charge in [0.2, 0.25) is 0 Å². The van der Waals surface area contributed by atoms with Gasteiger partial charge in [-0.3, -0.25) is 4.79 Å². The van der Waals surface area contributed by atoms with Crippen molar-refractivity contribution in [2.75, 3.05) is 5.73 Å². The number of amides is 1. The molecule has 0 spiro atoms. The summed E-state index contributed by atoms with van der Waals surface area (Å²) in [5.74, 6) is 0.948. The van der Waals surface area contributed by atoms with E-state index >= 15 is 0 Å². The van der Waals surface area contributed by atoms with E-state index in [0.29, 0.717) is 16.5 Å². The summed E-state index contributed by atoms with van der Waals surface area (Å²) < 4.78 is 2.07. The van der Waals surface area contributed by atoms with Gasteiger partial charge in [-0.2, -0.15) is 0 Å². The molecule has 0 saturated carbocycles. The molecule has 1 aliphatic rings. The Morgan fingerprint density at radius 1 is 1.43 bits per heavy atom. The van der Waals surface area contributed by atoms with Gasteiger partial charge in [0.25, 0.3) is 5.91 Å². The predicted octanol–water partition coefficient (Wildman–Crippen LogP) is 1.96. The van der Waals surface area contributed by atoms with Crippen LogP contribution in [0.25, 0.3) is 10.2 Å². The number of nitrogens with one attached hydrogen (secondary N) is 1. The van der Waals surface area contributed by atoms with Crippen LogP contribution < -0.4 is 11.1 Å². The highest BCUT2D eigenvalue weighted by atomic mass is 32.1. The third kappa shape index (κ3) is 2.17. The molecule has 1 amide bonds. The van der Waals surface area contributed by atoms with E-state index in [0.717, 1.165) is 34.4 Å². The Hall–Kier alpha value is -2.48. The topological polar surface area (TPSA) is 98.7 Å². The highest BCUT2D eigenvalue weighted by Crippen LogP contribution is 2.33. The van der Waals surface area contributed by atoms with Gasteiger partial charge in [0.15, 0.2) is 0 Å². The summed E-state index contributed by atoms with van der Waals surface area (Å²) in [6.07, 6.45) is 4.49. The number of hydrogen-bond acceptors (Lipinski definition) is 6. The van der Waals surface area contributed by atoms with Crippen LogP contribution in [-0.4, -0.2) is 25.4 Å². The van der Waals surface area contributed by atoms with Gasteiger partial charge < -0.3 is 15.6 Å². The van der Waals surface area contributed by atoms with E-state index < -0.39 is 0 Å². The number of nitrogens with two attached hydrogens (primary N) is 1. The number of fused-ring (bicyclic) bond motifs is 2. The van der Waals surface area contributed by atoms with E-state index in [4.69, 9.17) is 5.73 Å². The quantitative estimate of drug-likeness (QED) is 0.749. The van der Waals surface area contributed by atoms with Crippen molar-refractivity contribution in [3.8, 4) is 0 Å². The van der Waals surface area contributed by atoms with Gasteiger partial charge >= 0.3 is 0 Å². The Bertz CT molecular complexity index is 928. The average Bonchev–Trinajstić information content (AvgIpc) is 3.15. The van der Waals surface area contributed by atoms with Crippen LogP contribution in [0.4, 0.5) is 5.82 Å². The summed E-state index contributed by atoms with van der Waals surface area (Å²) in [7, 11) is 0. The molecule has 0 bridgehead atoms. The zero-order valence-corrected chi connectivity index (χ0v) is 13.6. The van der Waals surface area contributed by atoms with Crippen LogP contribution in [0.5, 0.6) is 0 Å². The van der Waals surface area contributed by atoms with Crippen molar-refractivity contribution in [1.29, 1.82) is 0 Å². The Morgan fingerprint density at radius 3 is 3.09 bits per heavy atom. The van der Waals surface area contributed by atoms with Crippen molar-refractivity contribution in [2.45, 2.75) is 32.9 Å². The average molecular weight is 328 g/mol. The van der Waals surface area contributed by atoms with Crippen LogP contribution in [0.1, 0.15) is 39.2 Å². The van der Waals surface area contributed by atoms with Crippen molar-refractivity contribution in [2.24, 2.45) is 0 Å². The monoisotopic (exact) mass is 328 g/mol. The largest absolute Gasteiger partial charge is 0.383 e. The maximum Gasteiger partial charge on any atom is 0.262 e. The molecule has 0 radical (unpaired) electrons. The molecule has 0 aromatic carbocycles. The maximum atomic E-state index is 12.7. The first-order valence-electron chi connectivity index (χ1n) is 7.38. The van der Waals surface area contributed by atoms with E-state index in [2.05, 4.69) is 24.8 Å². The molecule has 0 aliphatic carbocycles. The highest BCUT2D eigenvalue weighted by Gasteiger charge is 2.26. The van der Waals surface area contributed by atoms with Crippen molar-refractivity contribution in [3.05, 3.63) is 34.5 Å². The molecule has 4 rings (SSSR count). The molecule has 0 saturated heterocycles. The molecule has 3 N–H and O–H groups in total. The van der Waals surface area contributed by atoms with E-state index in [-0.39, 0.29) is 11.9 Å². The van der Waals surface area contributed by atoms with E-state index in [1.807, 2.05) is 13.1 Å². The van der Waals surface area contributed by atoms with Gasteiger partial charge in [0.05, 0.1) is 34.5 Å². The van der Waals surface area contributed by atoms with Gasteiger partial charge in [-0.15, -0.1) is 11.3 Å². The second-order valence-electron chi connectivity index (χ2n) is 5.72. The zero-order chi connectivity index (χ0) is 16.1. The third-order valence-electron chi connectivity index (χ3n) is 4.20. The number of rotatable bonds is 2. The molecular formula is C15H16N6OS. The molecule has 23 heavy (non-hydrogen) atoms. The number of aryl methyl sites for hydroxylation is 3. The lowest BCUT2D eigenvalue weighted by Gasteiger charge is -2.11. The second kappa shape index (κ2) is 5.02. The Balaban J connectivity index is 1.68. The summed E-state index contributed by atoms with van der Waals surface area (Å²) in [5, 5.41) is 3.87. The van der Waals surface area contributed by atoms with E-state index in [9.17, 15) is 4.79 Å². The summed E-state index contributed by atoms with van der Waals surface area (Å²) in [6.45, 7) is 4.56. The minimum atomic E-state index is -0.0952. The molecule has 7 nitrogen and oxygen atoms in total. The van der Waals surface area contributed by atoms with Crippen LogP contribution in [-0.2, 0) is 6.54 Å². The zero-order valence-electron chi connectivity index (χ0n) is 12.8. The number of anilines is 1. The predicted molar refractivity (Wildman–Crippen MR) is 88.4 cm³/mol. The lowest BCUT2D eigenvalue weighted by molar-refractivity contribution is 0.0940. The Labute approximate surface area is 136 Å². The first-order valence-corrected chi connectivity index (χ1v) is 8.20. The number of carbonyl (C=O) groups is 1. The summed E-state index contributed by atoms with van der Waals surface area (Å²) in [4.78, 5) is 26.8. The van der Waals surface area contributed by atoms with Crippen LogP contribution in [0.3, 0.4) is 0 Å². The lowest BCUT2D eigenvalue weighted by Crippen LogP contribution is -2.26. The number of hydrogen-bond donors (Lipinski definition) is 2. The lowest BCUT2D eigenvalue weighted by atomic mass is 10.1. The molecule has 1 unspecified atom stereocenters. The third-order valence-corrected chi connectivity index (χ3v) is 5.39. The summed E-state index contributed by atoms with van der Waals surface area (Å²) in [6, 6.07) is -0.000204. The van der Waals surface area contributed by atoms with Crippen LogP contribution in [0.15, 0.2) is 12.5 Å². The van der Waals surface area contributed by atoms with Crippen molar-refractivity contribution < 1.29 is 4.79 Å². The number of imidazole rings is 1. The number of nitrogens with zero attached hydrogens (tertiary/aromatic N) is 4. The Morgan fingerprint density at radius 2 is 2.26 bits per heavy atom. The van der Waals surface area contributed by atoms with E-state index in [1.54, 1.807) is 13.3 Å². The number of carbonyl (C=O) groups excluding carboxylic acids is 1. The van der Waals surface area contributed by atoms with Gasteiger partial charge in [-0.1, -0.05) is 0 Å². The fraction of sp³-hybridized carbons (Fsp3) is 0.333. The molecule has 118 valence electrons. The van der Waals surface area contributed by atoms with Crippen LogP contribution in [0.2, 0.25) is 0 Å². The first kappa shape index (κ1) is 14.1.